The zero-order chi connectivity index (χ0) is 12.1. The molecule has 0 amide bonds. The van der Waals surface area contributed by atoms with Gasteiger partial charge in [0.1, 0.15) is 6.17 Å². The van der Waals surface area contributed by atoms with Crippen LogP contribution in [0, 0.1) is 23.7 Å². The Kier molecular flexibility index (Phi) is 5.78. The predicted octanol–water partition coefficient (Wildman–Crippen LogP) is 5.22. The molecule has 0 spiro atoms. The van der Waals surface area contributed by atoms with Gasteiger partial charge in [-0.15, -0.1) is 0 Å². The lowest BCUT2D eigenvalue weighted by atomic mass is 9.72. The van der Waals surface area contributed by atoms with E-state index in [1.807, 2.05) is 13.8 Å². The van der Waals surface area contributed by atoms with Gasteiger partial charge in [0.05, 0.1) is 0 Å². The van der Waals surface area contributed by atoms with E-state index in [0.29, 0.717) is 11.8 Å². The lowest BCUT2D eigenvalue weighted by Crippen LogP contribution is -2.31. The first-order valence-electron chi connectivity index (χ1n) is 7.20. The van der Waals surface area contributed by atoms with Crippen molar-refractivity contribution in [3.05, 3.63) is 0 Å². The third-order valence-corrected chi connectivity index (χ3v) is 4.33. The number of hydrogen-bond donors (Lipinski definition) is 0. The lowest BCUT2D eigenvalue weighted by Gasteiger charge is -2.35. The van der Waals surface area contributed by atoms with Crippen molar-refractivity contribution in [2.75, 3.05) is 0 Å². The van der Waals surface area contributed by atoms with E-state index in [1.165, 1.54) is 25.7 Å². The van der Waals surface area contributed by atoms with Crippen molar-refractivity contribution in [2.24, 2.45) is 23.7 Å². The Morgan fingerprint density at radius 1 is 1.12 bits per heavy atom. The summed E-state index contributed by atoms with van der Waals surface area (Å²) in [5.41, 5.74) is 0. The molecule has 0 aliphatic heterocycles. The molecule has 0 N–H and O–H groups in total. The minimum absolute atomic E-state index is 0.191. The summed E-state index contributed by atoms with van der Waals surface area (Å²) in [7, 11) is 0. The van der Waals surface area contributed by atoms with Gasteiger partial charge in [-0.1, -0.05) is 47.0 Å². The van der Waals surface area contributed by atoms with Gasteiger partial charge in [0, 0.05) is 0 Å². The number of rotatable bonds is 5. The highest BCUT2D eigenvalue weighted by Crippen LogP contribution is 2.39. The van der Waals surface area contributed by atoms with Crippen LogP contribution in [0.5, 0.6) is 0 Å². The minimum Gasteiger partial charge on any atom is -0.247 e. The summed E-state index contributed by atoms with van der Waals surface area (Å²) < 4.78 is 14.3. The van der Waals surface area contributed by atoms with Gasteiger partial charge >= 0.3 is 0 Å². The molecule has 1 heteroatoms. The molecular formula is C15H29F. The number of alkyl halides is 1. The van der Waals surface area contributed by atoms with Crippen molar-refractivity contribution in [1.29, 1.82) is 0 Å². The Hall–Kier alpha value is -0.0700. The molecule has 0 radical (unpaired) electrons. The fourth-order valence-electron chi connectivity index (χ4n) is 3.20. The fraction of sp³-hybridized carbons (Fsp3) is 1.00. The number of hydrogen-bond acceptors (Lipinski definition) is 0. The molecule has 2 unspecified atom stereocenters. The maximum absolute atomic E-state index is 14.3. The first-order chi connectivity index (χ1) is 7.56. The standard InChI is InChI=1S/C15H29F/c1-5-6-14(15(16)11(2)3)13-9-7-12(4)8-10-13/h11-15H,5-10H2,1-4H3. The maximum atomic E-state index is 14.3. The molecule has 1 aliphatic rings. The van der Waals surface area contributed by atoms with Gasteiger partial charge in [-0.25, -0.2) is 4.39 Å². The first-order valence-corrected chi connectivity index (χ1v) is 7.20. The average Bonchev–Trinajstić information content (AvgIpc) is 2.26. The van der Waals surface area contributed by atoms with Crippen molar-refractivity contribution in [3.8, 4) is 0 Å². The van der Waals surface area contributed by atoms with E-state index < -0.39 is 6.17 Å². The Labute approximate surface area is 101 Å². The highest BCUT2D eigenvalue weighted by atomic mass is 19.1. The molecule has 0 bridgehead atoms. The highest BCUT2D eigenvalue weighted by molar-refractivity contribution is 4.82. The molecule has 0 heterocycles. The average molecular weight is 228 g/mol. The summed E-state index contributed by atoms with van der Waals surface area (Å²) in [6, 6.07) is 0. The molecule has 1 saturated carbocycles. The summed E-state index contributed by atoms with van der Waals surface area (Å²) in [5.74, 6) is 2.05. The van der Waals surface area contributed by atoms with Gasteiger partial charge < -0.3 is 0 Å². The third-order valence-electron chi connectivity index (χ3n) is 4.33. The molecule has 1 aliphatic carbocycles. The zero-order valence-electron chi connectivity index (χ0n) is 11.5. The van der Waals surface area contributed by atoms with E-state index in [-0.39, 0.29) is 5.92 Å². The molecule has 0 saturated heterocycles. The molecule has 0 aromatic heterocycles. The summed E-state index contributed by atoms with van der Waals surface area (Å²) >= 11 is 0. The van der Waals surface area contributed by atoms with Gasteiger partial charge in [-0.05, 0) is 42.9 Å². The van der Waals surface area contributed by atoms with Crippen LogP contribution in [0.1, 0.15) is 66.2 Å². The lowest BCUT2D eigenvalue weighted by molar-refractivity contribution is 0.0829. The first kappa shape index (κ1) is 14.0. The van der Waals surface area contributed by atoms with Crippen LogP contribution in [-0.2, 0) is 0 Å². The van der Waals surface area contributed by atoms with Gasteiger partial charge in [0.15, 0.2) is 0 Å². The van der Waals surface area contributed by atoms with Crippen LogP contribution < -0.4 is 0 Å². The van der Waals surface area contributed by atoms with E-state index in [0.717, 1.165) is 18.8 Å². The summed E-state index contributed by atoms with van der Waals surface area (Å²) in [5, 5.41) is 0. The smallest absolute Gasteiger partial charge is 0.105 e. The minimum atomic E-state index is -0.585. The number of halogens is 1. The molecule has 1 rings (SSSR count). The highest BCUT2D eigenvalue weighted by Gasteiger charge is 2.32. The van der Waals surface area contributed by atoms with Crippen LogP contribution >= 0.6 is 0 Å². The normalized spacial score (nSPS) is 30.4. The Morgan fingerprint density at radius 2 is 1.69 bits per heavy atom. The van der Waals surface area contributed by atoms with Crippen molar-refractivity contribution >= 4 is 0 Å². The molecule has 1 fully saturated rings. The van der Waals surface area contributed by atoms with E-state index in [2.05, 4.69) is 13.8 Å². The van der Waals surface area contributed by atoms with Crippen LogP contribution in [0.3, 0.4) is 0 Å². The molecule has 0 nitrogen and oxygen atoms in total. The van der Waals surface area contributed by atoms with Crippen molar-refractivity contribution in [3.63, 3.8) is 0 Å². The second-order valence-corrected chi connectivity index (χ2v) is 6.16. The van der Waals surface area contributed by atoms with E-state index >= 15 is 0 Å². The zero-order valence-corrected chi connectivity index (χ0v) is 11.5. The van der Waals surface area contributed by atoms with Crippen LogP contribution in [0.2, 0.25) is 0 Å². The van der Waals surface area contributed by atoms with Gasteiger partial charge in [0.25, 0.3) is 0 Å². The third kappa shape index (κ3) is 3.75. The largest absolute Gasteiger partial charge is 0.247 e. The van der Waals surface area contributed by atoms with Crippen LogP contribution in [-0.4, -0.2) is 6.17 Å². The van der Waals surface area contributed by atoms with Gasteiger partial charge in [-0.2, -0.15) is 0 Å². The van der Waals surface area contributed by atoms with Crippen molar-refractivity contribution in [2.45, 2.75) is 72.4 Å². The van der Waals surface area contributed by atoms with E-state index in [9.17, 15) is 4.39 Å². The van der Waals surface area contributed by atoms with Crippen LogP contribution in [0.25, 0.3) is 0 Å². The summed E-state index contributed by atoms with van der Waals surface area (Å²) in [6.45, 7) is 8.57. The second-order valence-electron chi connectivity index (χ2n) is 6.16. The summed E-state index contributed by atoms with van der Waals surface area (Å²) in [6.07, 6.45) is 6.78. The Morgan fingerprint density at radius 3 is 2.12 bits per heavy atom. The van der Waals surface area contributed by atoms with Crippen molar-refractivity contribution < 1.29 is 4.39 Å². The molecule has 96 valence electrons. The van der Waals surface area contributed by atoms with E-state index in [4.69, 9.17) is 0 Å². The van der Waals surface area contributed by atoms with Crippen molar-refractivity contribution in [1.82, 2.24) is 0 Å². The molecule has 2 atom stereocenters. The van der Waals surface area contributed by atoms with Crippen LogP contribution in [0.15, 0.2) is 0 Å². The maximum Gasteiger partial charge on any atom is 0.105 e. The van der Waals surface area contributed by atoms with Crippen LogP contribution in [0.4, 0.5) is 4.39 Å². The molecule has 0 aromatic rings. The SMILES string of the molecule is CCCC(C1CCC(C)CC1)C(F)C(C)C. The quantitative estimate of drug-likeness (QED) is 0.605. The fourth-order valence-corrected chi connectivity index (χ4v) is 3.20. The molecular weight excluding hydrogens is 199 g/mol. The van der Waals surface area contributed by atoms with Gasteiger partial charge in [-0.3, -0.25) is 0 Å². The molecule has 16 heavy (non-hydrogen) atoms. The van der Waals surface area contributed by atoms with Gasteiger partial charge in [0.2, 0.25) is 0 Å². The Balaban J connectivity index is 2.55. The molecule has 0 aromatic carbocycles. The predicted molar refractivity (Wildman–Crippen MR) is 69.3 cm³/mol. The van der Waals surface area contributed by atoms with E-state index in [1.54, 1.807) is 0 Å². The Bertz CT molecular complexity index is 180. The second kappa shape index (κ2) is 6.61. The monoisotopic (exact) mass is 228 g/mol. The topological polar surface area (TPSA) is 0 Å². The summed E-state index contributed by atoms with van der Waals surface area (Å²) in [4.78, 5) is 0.